The van der Waals surface area contributed by atoms with Crippen LogP contribution in [0.15, 0.2) is 48.5 Å². The van der Waals surface area contributed by atoms with Crippen molar-refractivity contribution in [3.63, 3.8) is 0 Å². The number of carboxylic acids is 1. The molecule has 2 amide bonds. The third-order valence-electron chi connectivity index (χ3n) is 6.30. The second-order valence-electron chi connectivity index (χ2n) is 8.46. The number of aliphatic carboxylic acids is 1. The lowest BCUT2D eigenvalue weighted by Gasteiger charge is -2.20. The number of carboxylic acid groups (broad SMARTS) is 1. The number of alkyl carbamates (subject to hydrolysis) is 1. The van der Waals surface area contributed by atoms with Crippen LogP contribution in [0.3, 0.4) is 0 Å². The summed E-state index contributed by atoms with van der Waals surface area (Å²) in [7, 11) is 1.50. The van der Waals surface area contributed by atoms with E-state index in [1.54, 1.807) is 0 Å². The number of rotatable bonds is 10. The van der Waals surface area contributed by atoms with Crippen molar-refractivity contribution in [3.05, 3.63) is 59.7 Å². The Labute approximate surface area is 192 Å². The molecule has 0 bridgehead atoms. The largest absolute Gasteiger partial charge is 0.480 e. The minimum Gasteiger partial charge on any atom is -0.480 e. The predicted molar refractivity (Wildman–Crippen MR) is 121 cm³/mol. The molecule has 2 aliphatic carbocycles. The van der Waals surface area contributed by atoms with Crippen LogP contribution in [0.5, 0.6) is 0 Å². The van der Waals surface area contributed by atoms with Crippen LogP contribution in [0, 0.1) is 11.8 Å². The number of hydrogen-bond donors (Lipinski definition) is 2. The highest BCUT2D eigenvalue weighted by Gasteiger charge is 2.45. The van der Waals surface area contributed by atoms with Gasteiger partial charge >= 0.3 is 12.1 Å². The van der Waals surface area contributed by atoms with E-state index in [2.05, 4.69) is 29.6 Å². The highest BCUT2D eigenvalue weighted by Crippen LogP contribution is 2.44. The molecule has 0 saturated heterocycles. The number of hydrogen-bond acceptors (Lipinski definition) is 5. The van der Waals surface area contributed by atoms with Gasteiger partial charge in [0.25, 0.3) is 0 Å². The highest BCUT2D eigenvalue weighted by molar-refractivity contribution is 5.85. The quantitative estimate of drug-likeness (QED) is 0.574. The summed E-state index contributed by atoms with van der Waals surface area (Å²) in [5.41, 5.74) is 4.63. The molecule has 8 heteroatoms. The van der Waals surface area contributed by atoms with Crippen molar-refractivity contribution in [2.24, 2.45) is 11.8 Å². The van der Waals surface area contributed by atoms with Crippen molar-refractivity contribution >= 4 is 18.0 Å². The lowest BCUT2D eigenvalue weighted by atomic mass is 9.98. The number of ether oxygens (including phenoxy) is 2. The average molecular weight is 453 g/mol. The van der Waals surface area contributed by atoms with Crippen molar-refractivity contribution in [1.29, 1.82) is 0 Å². The van der Waals surface area contributed by atoms with E-state index in [1.165, 1.54) is 23.1 Å². The monoisotopic (exact) mass is 452 g/mol. The Bertz CT molecular complexity index is 994. The van der Waals surface area contributed by atoms with Crippen LogP contribution in [0.2, 0.25) is 0 Å². The van der Waals surface area contributed by atoms with E-state index in [0.29, 0.717) is 13.0 Å². The van der Waals surface area contributed by atoms with Gasteiger partial charge in [-0.25, -0.2) is 4.79 Å². The third-order valence-corrected chi connectivity index (χ3v) is 6.30. The molecular formula is C25H28N2O6. The molecule has 174 valence electrons. The van der Waals surface area contributed by atoms with E-state index in [0.717, 1.165) is 11.1 Å². The maximum atomic E-state index is 12.6. The Morgan fingerprint density at radius 3 is 2.30 bits per heavy atom. The molecular weight excluding hydrogens is 424 g/mol. The number of carbonyl (C=O) groups is 3. The lowest BCUT2D eigenvalue weighted by Crippen LogP contribution is -2.39. The summed E-state index contributed by atoms with van der Waals surface area (Å²) in [6.07, 6.45) is 0.0997. The SMILES string of the molecule is COCCN(CC(=O)O)C(=O)[C@@H]1C[C@@H]1CNC(=O)OCC1c2ccccc2-c2ccccc21. The molecule has 0 spiro atoms. The molecule has 8 nitrogen and oxygen atoms in total. The molecule has 0 radical (unpaired) electrons. The van der Waals surface area contributed by atoms with E-state index in [4.69, 9.17) is 14.6 Å². The summed E-state index contributed by atoms with van der Waals surface area (Å²) < 4.78 is 10.5. The second kappa shape index (κ2) is 10.0. The third kappa shape index (κ3) is 5.17. The number of benzene rings is 2. The number of carbonyl (C=O) groups excluding carboxylic acids is 2. The molecule has 2 aliphatic rings. The molecule has 2 aromatic carbocycles. The normalized spacial score (nSPS) is 18.2. The van der Waals surface area contributed by atoms with Gasteiger partial charge in [-0.05, 0) is 34.6 Å². The second-order valence-corrected chi connectivity index (χ2v) is 8.46. The van der Waals surface area contributed by atoms with E-state index in [9.17, 15) is 14.4 Å². The van der Waals surface area contributed by atoms with Crippen molar-refractivity contribution in [2.75, 3.05) is 40.0 Å². The molecule has 4 rings (SSSR count). The number of nitrogens with one attached hydrogen (secondary N) is 1. The standard InChI is InChI=1S/C25H28N2O6/c1-32-11-10-27(14-23(28)29)24(30)21-12-16(21)13-26-25(31)33-15-22-19-8-4-2-6-17(19)18-7-3-5-9-20(18)22/h2-9,16,21-22H,10-15H2,1H3,(H,26,31)(H,28,29)/t16-,21-/m1/s1. The Balaban J connectivity index is 1.26. The van der Waals surface area contributed by atoms with Crippen LogP contribution >= 0.6 is 0 Å². The van der Waals surface area contributed by atoms with Crippen LogP contribution < -0.4 is 5.32 Å². The molecule has 33 heavy (non-hydrogen) atoms. The summed E-state index contributed by atoms with van der Waals surface area (Å²) in [4.78, 5) is 37.3. The molecule has 1 fully saturated rings. The Morgan fingerprint density at radius 2 is 1.70 bits per heavy atom. The van der Waals surface area contributed by atoms with Gasteiger partial charge in [0.1, 0.15) is 13.2 Å². The average Bonchev–Trinajstić information content (AvgIpc) is 3.53. The predicted octanol–water partition coefficient (Wildman–Crippen LogP) is 2.72. The summed E-state index contributed by atoms with van der Waals surface area (Å²) in [5, 5.41) is 11.8. The molecule has 2 aromatic rings. The number of fused-ring (bicyclic) bond motifs is 3. The number of amides is 2. The fourth-order valence-corrected chi connectivity index (χ4v) is 4.51. The molecule has 0 aliphatic heterocycles. The molecule has 0 unspecified atom stereocenters. The van der Waals surface area contributed by atoms with Crippen molar-refractivity contribution in [1.82, 2.24) is 10.2 Å². The van der Waals surface area contributed by atoms with Crippen LogP contribution in [-0.4, -0.2) is 67.9 Å². The number of methoxy groups -OCH3 is 1. The van der Waals surface area contributed by atoms with Gasteiger partial charge in [0.2, 0.25) is 5.91 Å². The van der Waals surface area contributed by atoms with Crippen LogP contribution in [0.25, 0.3) is 11.1 Å². The number of nitrogens with zero attached hydrogens (tertiary/aromatic N) is 1. The first kappa shape index (κ1) is 22.8. The smallest absolute Gasteiger partial charge is 0.407 e. The van der Waals surface area contributed by atoms with Gasteiger partial charge in [-0.15, -0.1) is 0 Å². The van der Waals surface area contributed by atoms with E-state index >= 15 is 0 Å². The Morgan fingerprint density at radius 1 is 1.06 bits per heavy atom. The first-order chi connectivity index (χ1) is 16.0. The van der Waals surface area contributed by atoms with Crippen molar-refractivity contribution in [2.45, 2.75) is 12.3 Å². The highest BCUT2D eigenvalue weighted by atomic mass is 16.5. The summed E-state index contributed by atoms with van der Waals surface area (Å²) in [6.45, 7) is 0.693. The Hall–Kier alpha value is -3.39. The lowest BCUT2D eigenvalue weighted by molar-refractivity contribution is -0.145. The minimum atomic E-state index is -1.06. The van der Waals surface area contributed by atoms with E-state index < -0.39 is 12.1 Å². The zero-order valence-electron chi connectivity index (χ0n) is 18.5. The molecule has 1 saturated carbocycles. The molecule has 2 atom stereocenters. The maximum Gasteiger partial charge on any atom is 0.407 e. The van der Waals surface area contributed by atoms with E-state index in [1.807, 2.05) is 24.3 Å². The van der Waals surface area contributed by atoms with Gasteiger partial charge in [-0.2, -0.15) is 0 Å². The zero-order chi connectivity index (χ0) is 23.4. The maximum absolute atomic E-state index is 12.6. The van der Waals surface area contributed by atoms with Gasteiger partial charge in [-0.3, -0.25) is 9.59 Å². The fourth-order valence-electron chi connectivity index (χ4n) is 4.51. The van der Waals surface area contributed by atoms with E-state index in [-0.39, 0.29) is 50.0 Å². The van der Waals surface area contributed by atoms with Gasteiger partial charge in [0.15, 0.2) is 0 Å². The van der Waals surface area contributed by atoms with Gasteiger partial charge in [0, 0.05) is 32.0 Å². The van der Waals surface area contributed by atoms with Crippen LogP contribution in [0.1, 0.15) is 23.5 Å². The summed E-state index contributed by atoms with van der Waals surface area (Å²) >= 11 is 0. The van der Waals surface area contributed by atoms with Crippen LogP contribution in [-0.2, 0) is 19.1 Å². The summed E-state index contributed by atoms with van der Waals surface area (Å²) in [6, 6.07) is 16.3. The first-order valence-corrected chi connectivity index (χ1v) is 11.1. The van der Waals surface area contributed by atoms with Crippen molar-refractivity contribution in [3.8, 4) is 11.1 Å². The molecule has 0 heterocycles. The topological polar surface area (TPSA) is 105 Å². The van der Waals surface area contributed by atoms with Gasteiger partial charge < -0.3 is 24.8 Å². The van der Waals surface area contributed by atoms with Gasteiger partial charge in [0.05, 0.1) is 6.61 Å². The fraction of sp³-hybridized carbons (Fsp3) is 0.400. The van der Waals surface area contributed by atoms with Crippen molar-refractivity contribution < 1.29 is 29.0 Å². The minimum absolute atomic E-state index is 0.0104. The Kier molecular flexibility index (Phi) is 6.93. The van der Waals surface area contributed by atoms with Crippen LogP contribution in [0.4, 0.5) is 4.79 Å². The molecule has 0 aromatic heterocycles. The molecule has 2 N–H and O–H groups in total. The summed E-state index contributed by atoms with van der Waals surface area (Å²) in [5.74, 6) is -1.59. The first-order valence-electron chi connectivity index (χ1n) is 11.1. The van der Waals surface area contributed by atoms with Gasteiger partial charge in [-0.1, -0.05) is 48.5 Å². The zero-order valence-corrected chi connectivity index (χ0v) is 18.5.